The highest BCUT2D eigenvalue weighted by atomic mass is 16.5. The Morgan fingerprint density at radius 3 is 2.59 bits per heavy atom. The zero-order chi connectivity index (χ0) is 12.5. The number of ether oxygens (including phenoxy) is 2. The van der Waals surface area contributed by atoms with Crippen molar-refractivity contribution >= 4 is 0 Å². The predicted octanol–water partition coefficient (Wildman–Crippen LogP) is 1.80. The van der Waals surface area contributed by atoms with Crippen molar-refractivity contribution in [1.82, 2.24) is 4.98 Å². The fourth-order valence-corrected chi connectivity index (χ4v) is 2.21. The second-order valence-corrected chi connectivity index (χ2v) is 4.71. The van der Waals surface area contributed by atoms with Crippen molar-refractivity contribution in [1.29, 1.82) is 0 Å². The molecule has 1 N–H and O–H groups in total. The van der Waals surface area contributed by atoms with Gasteiger partial charge < -0.3 is 14.6 Å². The first kappa shape index (κ1) is 12.2. The Bertz CT molecular complexity index is 400. The van der Waals surface area contributed by atoms with Crippen molar-refractivity contribution < 1.29 is 14.6 Å². The van der Waals surface area contributed by atoms with E-state index >= 15 is 0 Å². The van der Waals surface area contributed by atoms with E-state index < -0.39 is 0 Å². The van der Waals surface area contributed by atoms with Crippen LogP contribution < -0.4 is 9.47 Å². The second-order valence-electron chi connectivity index (χ2n) is 4.71. The summed E-state index contributed by atoms with van der Waals surface area (Å²) in [4.78, 5) is 4.35. The molecule has 0 bridgehead atoms. The molecule has 4 nitrogen and oxygen atoms in total. The number of rotatable bonds is 5. The van der Waals surface area contributed by atoms with Crippen molar-refractivity contribution in [3.8, 4) is 11.5 Å². The minimum atomic E-state index is -0.305. The Labute approximate surface area is 102 Å². The molecule has 1 aliphatic carbocycles. The molecule has 94 valence electrons. The highest BCUT2D eigenvalue weighted by molar-refractivity contribution is 5.43. The van der Waals surface area contributed by atoms with Gasteiger partial charge >= 0.3 is 0 Å². The molecule has 1 saturated carbocycles. The Hall–Kier alpha value is -1.29. The van der Waals surface area contributed by atoms with Crippen LogP contribution in [0.3, 0.4) is 0 Å². The first-order valence-corrected chi connectivity index (χ1v) is 5.87. The van der Waals surface area contributed by atoms with Crippen molar-refractivity contribution in [2.75, 3.05) is 14.2 Å². The Morgan fingerprint density at radius 2 is 2.12 bits per heavy atom. The molecular formula is C13H19NO3. The molecular weight excluding hydrogens is 218 g/mol. The van der Waals surface area contributed by atoms with Gasteiger partial charge in [0.2, 0.25) is 0 Å². The normalized spacial score (nSPS) is 18.6. The summed E-state index contributed by atoms with van der Waals surface area (Å²) in [6.07, 6.45) is 4.25. The molecule has 4 heteroatoms. The van der Waals surface area contributed by atoms with Gasteiger partial charge in [-0.05, 0) is 19.8 Å². The largest absolute Gasteiger partial charge is 0.493 e. The van der Waals surface area contributed by atoms with Crippen LogP contribution >= 0.6 is 0 Å². The molecule has 1 atom stereocenters. The third kappa shape index (κ3) is 2.22. The monoisotopic (exact) mass is 237 g/mol. The fourth-order valence-electron chi connectivity index (χ4n) is 2.21. The van der Waals surface area contributed by atoms with E-state index in [4.69, 9.17) is 9.47 Å². The SMILES string of the molecule is COc1ccnc(CC2(C(C)O)CC2)c1OC. The van der Waals surface area contributed by atoms with E-state index in [1.54, 1.807) is 26.5 Å². The maximum atomic E-state index is 9.79. The van der Waals surface area contributed by atoms with Gasteiger partial charge in [-0.3, -0.25) is 4.98 Å². The lowest BCUT2D eigenvalue weighted by atomic mass is 9.93. The molecule has 0 aliphatic heterocycles. The molecule has 0 radical (unpaired) electrons. The number of methoxy groups -OCH3 is 2. The van der Waals surface area contributed by atoms with Crippen molar-refractivity contribution in [2.24, 2.45) is 5.41 Å². The van der Waals surface area contributed by atoms with Crippen LogP contribution in [0.4, 0.5) is 0 Å². The summed E-state index contributed by atoms with van der Waals surface area (Å²) >= 11 is 0. The third-order valence-corrected chi connectivity index (χ3v) is 3.66. The van der Waals surface area contributed by atoms with Gasteiger partial charge in [-0.2, -0.15) is 0 Å². The number of aliphatic hydroxyl groups is 1. The highest BCUT2D eigenvalue weighted by Crippen LogP contribution is 2.52. The van der Waals surface area contributed by atoms with Gasteiger partial charge in [-0.15, -0.1) is 0 Å². The fraction of sp³-hybridized carbons (Fsp3) is 0.615. The van der Waals surface area contributed by atoms with E-state index in [2.05, 4.69) is 4.98 Å². The van der Waals surface area contributed by atoms with Gasteiger partial charge in [-0.25, -0.2) is 0 Å². The Balaban J connectivity index is 2.27. The molecule has 1 heterocycles. The van der Waals surface area contributed by atoms with E-state index in [9.17, 15) is 5.11 Å². The first-order chi connectivity index (χ1) is 8.13. The number of aromatic nitrogens is 1. The molecule has 0 aromatic carbocycles. The van der Waals surface area contributed by atoms with E-state index in [1.165, 1.54) is 0 Å². The lowest BCUT2D eigenvalue weighted by molar-refractivity contribution is 0.109. The standard InChI is InChI=1S/C13H19NO3/c1-9(15)13(5-6-13)8-10-12(17-3)11(16-2)4-7-14-10/h4,7,9,15H,5-6,8H2,1-3H3. The average molecular weight is 237 g/mol. The van der Waals surface area contributed by atoms with E-state index in [-0.39, 0.29) is 11.5 Å². The molecule has 17 heavy (non-hydrogen) atoms. The summed E-state index contributed by atoms with van der Waals surface area (Å²) in [5, 5.41) is 9.79. The van der Waals surface area contributed by atoms with Crippen LogP contribution in [0.1, 0.15) is 25.5 Å². The zero-order valence-corrected chi connectivity index (χ0v) is 10.6. The van der Waals surface area contributed by atoms with Crippen LogP contribution in [0.5, 0.6) is 11.5 Å². The molecule has 0 amide bonds. The maximum Gasteiger partial charge on any atom is 0.182 e. The quantitative estimate of drug-likeness (QED) is 0.848. The van der Waals surface area contributed by atoms with Gasteiger partial charge in [0.25, 0.3) is 0 Å². The number of pyridine rings is 1. The van der Waals surface area contributed by atoms with Crippen LogP contribution in [0.25, 0.3) is 0 Å². The van der Waals surface area contributed by atoms with Crippen LogP contribution in [0.15, 0.2) is 12.3 Å². The van der Waals surface area contributed by atoms with Crippen molar-refractivity contribution in [3.63, 3.8) is 0 Å². The third-order valence-electron chi connectivity index (χ3n) is 3.66. The van der Waals surface area contributed by atoms with E-state index in [0.29, 0.717) is 11.5 Å². The lowest BCUT2D eigenvalue weighted by Crippen LogP contribution is -2.21. The molecule has 1 fully saturated rings. The van der Waals surface area contributed by atoms with Crippen LogP contribution in [0.2, 0.25) is 0 Å². The first-order valence-electron chi connectivity index (χ1n) is 5.87. The van der Waals surface area contributed by atoms with Gasteiger partial charge in [0.1, 0.15) is 0 Å². The minimum absolute atomic E-state index is 0.00730. The van der Waals surface area contributed by atoms with Gasteiger partial charge in [0.05, 0.1) is 26.0 Å². The maximum absolute atomic E-state index is 9.79. The summed E-state index contributed by atoms with van der Waals surface area (Å²) < 4.78 is 10.6. The van der Waals surface area contributed by atoms with Crippen LogP contribution in [-0.2, 0) is 6.42 Å². The molecule has 1 unspecified atom stereocenters. The summed E-state index contributed by atoms with van der Waals surface area (Å²) in [6, 6.07) is 1.78. The molecule has 1 aromatic rings. The lowest BCUT2D eigenvalue weighted by Gasteiger charge is -2.20. The topological polar surface area (TPSA) is 51.6 Å². The Morgan fingerprint density at radius 1 is 1.41 bits per heavy atom. The van der Waals surface area contributed by atoms with Gasteiger partial charge in [-0.1, -0.05) is 0 Å². The van der Waals surface area contributed by atoms with Crippen LogP contribution in [0, 0.1) is 5.41 Å². The Kier molecular flexibility index (Phi) is 3.24. The van der Waals surface area contributed by atoms with E-state index in [0.717, 1.165) is 25.0 Å². The number of aliphatic hydroxyl groups excluding tert-OH is 1. The highest BCUT2D eigenvalue weighted by Gasteiger charge is 2.47. The second kappa shape index (κ2) is 4.53. The molecule has 1 aromatic heterocycles. The number of hydrogen-bond donors (Lipinski definition) is 1. The average Bonchev–Trinajstić information content (AvgIpc) is 3.09. The summed E-state index contributed by atoms with van der Waals surface area (Å²) in [5.41, 5.74) is 0.859. The summed E-state index contributed by atoms with van der Waals surface area (Å²) in [5.74, 6) is 1.38. The van der Waals surface area contributed by atoms with Gasteiger partial charge in [0.15, 0.2) is 11.5 Å². The number of nitrogens with zero attached hydrogens (tertiary/aromatic N) is 1. The zero-order valence-electron chi connectivity index (χ0n) is 10.6. The number of hydrogen-bond acceptors (Lipinski definition) is 4. The van der Waals surface area contributed by atoms with Crippen molar-refractivity contribution in [2.45, 2.75) is 32.3 Å². The van der Waals surface area contributed by atoms with Crippen molar-refractivity contribution in [3.05, 3.63) is 18.0 Å². The minimum Gasteiger partial charge on any atom is -0.493 e. The molecule has 2 rings (SSSR count). The summed E-state index contributed by atoms with van der Waals surface area (Å²) in [6.45, 7) is 1.85. The molecule has 0 saturated heterocycles. The van der Waals surface area contributed by atoms with E-state index in [1.807, 2.05) is 6.92 Å². The summed E-state index contributed by atoms with van der Waals surface area (Å²) in [7, 11) is 3.23. The smallest absolute Gasteiger partial charge is 0.182 e. The van der Waals surface area contributed by atoms with Gasteiger partial charge in [0, 0.05) is 24.1 Å². The molecule has 1 aliphatic rings. The van der Waals surface area contributed by atoms with Crippen LogP contribution in [-0.4, -0.2) is 30.4 Å². The predicted molar refractivity (Wildman–Crippen MR) is 64.4 cm³/mol. The molecule has 0 spiro atoms.